The summed E-state index contributed by atoms with van der Waals surface area (Å²) in [6.45, 7) is 6.08. The van der Waals surface area contributed by atoms with E-state index < -0.39 is 23.7 Å². The molecule has 8 heteroatoms. The van der Waals surface area contributed by atoms with E-state index in [-0.39, 0.29) is 29.9 Å². The smallest absolute Gasteiger partial charge is 0.439 e. The molecule has 0 aromatic heterocycles. The van der Waals surface area contributed by atoms with E-state index in [2.05, 4.69) is 5.10 Å². The first kappa shape index (κ1) is 22.6. The number of carbonyl (C=O) groups excluding carboxylic acids is 1. The monoisotopic (exact) mass is 426 g/mol. The average molecular weight is 426 g/mol. The highest BCUT2D eigenvalue weighted by Crippen LogP contribution is 2.52. The van der Waals surface area contributed by atoms with Gasteiger partial charge in [-0.05, 0) is 48.3 Å². The molecule has 3 rings (SSSR count). The van der Waals surface area contributed by atoms with E-state index in [1.165, 1.54) is 7.11 Å². The number of carbonyl (C=O) groups is 1. The molecule has 0 unspecified atom stereocenters. The molecular formula is C22H29F3N2O3. The molecule has 1 fully saturated rings. The molecule has 1 N–H and O–H groups in total. The summed E-state index contributed by atoms with van der Waals surface area (Å²) in [4.78, 5) is 12.8. The van der Waals surface area contributed by atoms with Crippen molar-refractivity contribution in [2.24, 2.45) is 22.4 Å². The van der Waals surface area contributed by atoms with E-state index in [4.69, 9.17) is 4.74 Å². The van der Waals surface area contributed by atoms with Crippen LogP contribution in [-0.4, -0.2) is 40.7 Å². The van der Waals surface area contributed by atoms with Crippen LogP contribution < -0.4 is 4.74 Å². The maximum absolute atomic E-state index is 14.1. The first-order valence-electron chi connectivity index (χ1n) is 10.3. The van der Waals surface area contributed by atoms with E-state index in [9.17, 15) is 23.1 Å². The summed E-state index contributed by atoms with van der Waals surface area (Å²) >= 11 is 0. The normalized spacial score (nSPS) is 26.9. The van der Waals surface area contributed by atoms with E-state index >= 15 is 0 Å². The van der Waals surface area contributed by atoms with Crippen LogP contribution in [0.4, 0.5) is 13.2 Å². The van der Waals surface area contributed by atoms with Crippen LogP contribution in [0.5, 0.6) is 5.75 Å². The van der Waals surface area contributed by atoms with Crippen LogP contribution in [0, 0.1) is 17.3 Å². The van der Waals surface area contributed by atoms with Crippen LogP contribution in [0.2, 0.25) is 0 Å². The van der Waals surface area contributed by atoms with Crippen LogP contribution in [-0.2, 0) is 11.2 Å². The number of alkyl halides is 3. The molecule has 3 atom stereocenters. The molecule has 1 aromatic carbocycles. The summed E-state index contributed by atoms with van der Waals surface area (Å²) in [5.41, 5.74) is -2.68. The van der Waals surface area contributed by atoms with Gasteiger partial charge in [0.2, 0.25) is 5.91 Å². The second kappa shape index (κ2) is 7.87. The second-order valence-electron chi connectivity index (χ2n) is 8.91. The number of hydrazone groups is 1. The SMILES string of the molecule is CCC(C)(C)[C@@H]1CCC2=NN(C(=O)Cc3ccc(OC)cc3)[C@@](O)(C(F)(F)F)[C@H]2C1. The zero-order valence-corrected chi connectivity index (χ0v) is 17.8. The molecule has 1 aromatic rings. The van der Waals surface area contributed by atoms with Crippen molar-refractivity contribution in [2.75, 3.05) is 7.11 Å². The van der Waals surface area contributed by atoms with Gasteiger partial charge >= 0.3 is 6.18 Å². The highest BCUT2D eigenvalue weighted by molar-refractivity contribution is 5.93. The number of ether oxygens (including phenoxy) is 1. The second-order valence-corrected chi connectivity index (χ2v) is 8.91. The maximum Gasteiger partial charge on any atom is 0.439 e. The van der Waals surface area contributed by atoms with E-state index in [0.29, 0.717) is 29.2 Å². The molecule has 0 spiro atoms. The van der Waals surface area contributed by atoms with Crippen LogP contribution in [0.3, 0.4) is 0 Å². The summed E-state index contributed by atoms with van der Waals surface area (Å²) in [6, 6.07) is 6.48. The van der Waals surface area contributed by atoms with Gasteiger partial charge in [0.1, 0.15) is 5.75 Å². The van der Waals surface area contributed by atoms with Gasteiger partial charge in [-0.3, -0.25) is 4.79 Å². The zero-order valence-electron chi connectivity index (χ0n) is 17.8. The lowest BCUT2D eigenvalue weighted by molar-refractivity contribution is -0.318. The van der Waals surface area contributed by atoms with Gasteiger partial charge < -0.3 is 9.84 Å². The molecule has 1 aliphatic heterocycles. The first-order chi connectivity index (χ1) is 13.9. The topological polar surface area (TPSA) is 62.1 Å². The van der Waals surface area contributed by atoms with E-state index in [1.54, 1.807) is 24.3 Å². The Morgan fingerprint density at radius 3 is 2.47 bits per heavy atom. The lowest BCUT2D eigenvalue weighted by atomic mass is 9.64. The van der Waals surface area contributed by atoms with Crippen molar-refractivity contribution in [2.45, 2.75) is 64.8 Å². The standard InChI is InChI=1S/C22H29F3N2O3/c1-5-20(2,3)15-8-11-18-17(13-15)21(29,22(23,24)25)27(26-18)19(28)12-14-6-9-16(30-4)10-7-14/h6-7,9-10,15,17,29H,5,8,11-13H2,1-4H3/t15-,17+,21+/m1/s1. The van der Waals surface area contributed by atoms with Crippen LogP contribution >= 0.6 is 0 Å². The molecule has 0 bridgehead atoms. The molecule has 30 heavy (non-hydrogen) atoms. The Morgan fingerprint density at radius 1 is 1.30 bits per heavy atom. The number of fused-ring (bicyclic) bond motifs is 1. The van der Waals surface area contributed by atoms with Gasteiger partial charge in [0.05, 0.1) is 19.4 Å². The minimum atomic E-state index is -5.02. The summed E-state index contributed by atoms with van der Waals surface area (Å²) in [6.07, 6.45) is -3.29. The first-order valence-corrected chi connectivity index (χ1v) is 10.3. The number of aliphatic hydroxyl groups is 1. The van der Waals surface area contributed by atoms with Crippen molar-refractivity contribution in [3.05, 3.63) is 29.8 Å². The fourth-order valence-corrected chi connectivity index (χ4v) is 4.46. The fourth-order valence-electron chi connectivity index (χ4n) is 4.46. The van der Waals surface area contributed by atoms with Crippen LogP contribution in [0.15, 0.2) is 29.4 Å². The largest absolute Gasteiger partial charge is 0.497 e. The lowest BCUT2D eigenvalue weighted by Crippen LogP contribution is -2.62. The van der Waals surface area contributed by atoms with Gasteiger partial charge in [-0.25, -0.2) is 0 Å². The molecule has 166 valence electrons. The molecule has 1 amide bonds. The molecule has 1 aliphatic carbocycles. The van der Waals surface area contributed by atoms with Crippen LogP contribution in [0.25, 0.3) is 0 Å². The Balaban J connectivity index is 1.89. The Bertz CT molecular complexity index is 820. The van der Waals surface area contributed by atoms with Crippen molar-refractivity contribution in [1.82, 2.24) is 5.01 Å². The number of hydrogen-bond acceptors (Lipinski definition) is 4. The molecule has 1 heterocycles. The Labute approximate surface area is 174 Å². The maximum atomic E-state index is 14.1. The number of amides is 1. The molecule has 0 saturated heterocycles. The van der Waals surface area contributed by atoms with Crippen molar-refractivity contribution in [1.29, 1.82) is 0 Å². The average Bonchev–Trinajstić information content (AvgIpc) is 3.02. The molecule has 2 aliphatic rings. The number of hydrogen-bond donors (Lipinski definition) is 1. The van der Waals surface area contributed by atoms with Crippen molar-refractivity contribution in [3.8, 4) is 5.75 Å². The molecular weight excluding hydrogens is 397 g/mol. The minimum Gasteiger partial charge on any atom is -0.497 e. The van der Waals surface area contributed by atoms with Gasteiger partial charge in [-0.1, -0.05) is 39.3 Å². The van der Waals surface area contributed by atoms with Gasteiger partial charge in [0, 0.05) is 5.71 Å². The number of benzene rings is 1. The van der Waals surface area contributed by atoms with E-state index in [0.717, 1.165) is 6.42 Å². The van der Waals surface area contributed by atoms with Crippen molar-refractivity contribution in [3.63, 3.8) is 0 Å². The van der Waals surface area contributed by atoms with Gasteiger partial charge in [-0.2, -0.15) is 23.3 Å². The lowest BCUT2D eigenvalue weighted by Gasteiger charge is -2.43. The number of rotatable bonds is 5. The van der Waals surface area contributed by atoms with Crippen molar-refractivity contribution < 1.29 is 27.8 Å². The van der Waals surface area contributed by atoms with Gasteiger partial charge in [0.15, 0.2) is 0 Å². The van der Waals surface area contributed by atoms with Crippen molar-refractivity contribution >= 4 is 11.6 Å². The minimum absolute atomic E-state index is 0.0111. The number of halogens is 3. The molecule has 1 saturated carbocycles. The van der Waals surface area contributed by atoms with Gasteiger partial charge in [-0.15, -0.1) is 0 Å². The van der Waals surface area contributed by atoms with Crippen LogP contribution in [0.1, 0.15) is 52.0 Å². The third-order valence-corrected chi connectivity index (χ3v) is 6.89. The van der Waals surface area contributed by atoms with E-state index in [1.807, 2.05) is 20.8 Å². The summed E-state index contributed by atoms with van der Waals surface area (Å²) < 4.78 is 47.5. The third kappa shape index (κ3) is 3.82. The number of nitrogens with zero attached hydrogens (tertiary/aromatic N) is 2. The quantitative estimate of drug-likeness (QED) is 0.752. The number of methoxy groups -OCH3 is 1. The predicted molar refractivity (Wildman–Crippen MR) is 107 cm³/mol. The Morgan fingerprint density at radius 2 is 1.93 bits per heavy atom. The Kier molecular flexibility index (Phi) is 5.93. The zero-order chi connectivity index (χ0) is 22.3. The highest BCUT2D eigenvalue weighted by Gasteiger charge is 2.69. The fraction of sp³-hybridized carbons (Fsp3) is 0.636. The summed E-state index contributed by atoms with van der Waals surface area (Å²) in [5, 5.41) is 15.2. The predicted octanol–water partition coefficient (Wildman–Crippen LogP) is 4.54. The molecule has 5 nitrogen and oxygen atoms in total. The third-order valence-electron chi connectivity index (χ3n) is 6.89. The van der Waals surface area contributed by atoms with Gasteiger partial charge in [0.25, 0.3) is 5.72 Å². The Hall–Kier alpha value is -2.09. The summed E-state index contributed by atoms with van der Waals surface area (Å²) in [7, 11) is 1.50. The summed E-state index contributed by atoms with van der Waals surface area (Å²) in [5.74, 6) is -1.53. The molecule has 0 radical (unpaired) electrons. The highest BCUT2D eigenvalue weighted by atomic mass is 19.4.